The molecule has 4 atom stereocenters. The van der Waals surface area contributed by atoms with Crippen LogP contribution in [0.1, 0.15) is 138 Å². The van der Waals surface area contributed by atoms with E-state index < -0.39 is 36.1 Å². The molecule has 0 aliphatic heterocycles. The van der Waals surface area contributed by atoms with Crippen molar-refractivity contribution >= 4 is 23.9 Å². The second-order valence-electron chi connectivity index (χ2n) is 16.1. The van der Waals surface area contributed by atoms with Crippen LogP contribution in [0.15, 0.2) is 72.8 Å². The largest absolute Gasteiger partial charge is 0.490 e. The molecule has 2 unspecified atom stereocenters. The lowest BCUT2D eigenvalue weighted by Gasteiger charge is -2.40. The molecule has 10 heteroatoms. The first-order chi connectivity index (χ1) is 28.0. The van der Waals surface area contributed by atoms with Crippen molar-refractivity contribution in [2.45, 2.75) is 130 Å². The molecule has 58 heavy (non-hydrogen) atoms. The van der Waals surface area contributed by atoms with E-state index in [1.165, 1.54) is 114 Å². The second kappa shape index (κ2) is 23.1. The summed E-state index contributed by atoms with van der Waals surface area (Å²) in [6.45, 7) is 9.94. The van der Waals surface area contributed by atoms with E-state index in [0.717, 1.165) is 14.2 Å². The molecule has 4 rings (SSSR count). The Labute approximate surface area is 346 Å². The fourth-order valence-electron chi connectivity index (χ4n) is 8.80. The smallest absolute Gasteiger partial charge is 0.351 e. The maximum Gasteiger partial charge on any atom is 0.351 e. The minimum atomic E-state index is -1.95. The number of esters is 4. The molecule has 2 aromatic rings. The van der Waals surface area contributed by atoms with Crippen molar-refractivity contribution in [3.05, 3.63) is 84.0 Å². The van der Waals surface area contributed by atoms with Gasteiger partial charge in [-0.05, 0) is 96.9 Å². The molecule has 2 saturated carbocycles. The van der Waals surface area contributed by atoms with Gasteiger partial charge in [-0.3, -0.25) is 0 Å². The summed E-state index contributed by atoms with van der Waals surface area (Å²) >= 11 is 0. The van der Waals surface area contributed by atoms with Crippen LogP contribution in [-0.2, 0) is 28.5 Å². The Kier molecular flexibility index (Phi) is 18.4. The summed E-state index contributed by atoms with van der Waals surface area (Å²) in [5.74, 6) is -1.79. The summed E-state index contributed by atoms with van der Waals surface area (Å²) in [5, 5.41) is 0. The van der Waals surface area contributed by atoms with Crippen molar-refractivity contribution in [3.8, 4) is 11.5 Å². The predicted molar refractivity (Wildman–Crippen MR) is 224 cm³/mol. The zero-order valence-corrected chi connectivity index (χ0v) is 35.6. The van der Waals surface area contributed by atoms with E-state index in [-0.39, 0.29) is 22.0 Å². The van der Waals surface area contributed by atoms with Crippen LogP contribution in [0.2, 0.25) is 0 Å². The summed E-state index contributed by atoms with van der Waals surface area (Å²) in [7, 11) is 2.13. The zero-order chi connectivity index (χ0) is 42.0. The third kappa shape index (κ3) is 12.7. The normalized spacial score (nSPS) is 18.4. The van der Waals surface area contributed by atoms with Crippen LogP contribution in [0.5, 0.6) is 11.5 Å². The number of benzene rings is 2. The van der Waals surface area contributed by atoms with E-state index in [4.69, 9.17) is 28.4 Å². The molecule has 0 N–H and O–H groups in total. The van der Waals surface area contributed by atoms with Gasteiger partial charge in [0.15, 0.2) is 0 Å². The van der Waals surface area contributed by atoms with E-state index in [1.807, 2.05) is 0 Å². The Balaban J connectivity index is 1.35. The number of carbonyl (C=O) groups is 4. The molecule has 0 radical (unpaired) electrons. The highest BCUT2D eigenvalue weighted by Gasteiger charge is 2.43. The quantitative estimate of drug-likeness (QED) is 0.0684. The molecule has 0 spiro atoms. The first kappa shape index (κ1) is 46.1. The summed E-state index contributed by atoms with van der Waals surface area (Å²) in [5.41, 5.74) is 0.576. The maximum absolute atomic E-state index is 13.3. The van der Waals surface area contributed by atoms with Crippen molar-refractivity contribution in [1.82, 2.24) is 0 Å². The van der Waals surface area contributed by atoms with Gasteiger partial charge in [-0.1, -0.05) is 116 Å². The summed E-state index contributed by atoms with van der Waals surface area (Å²) in [4.78, 5) is 52.3. The lowest BCUT2D eigenvalue weighted by atomic mass is 9.65. The molecule has 0 saturated heterocycles. The monoisotopic (exact) mass is 802 g/mol. The fraction of sp³-hybridized carbons (Fsp3) is 0.583. The number of hydrogen-bond acceptors (Lipinski definition) is 10. The molecule has 2 aliphatic carbocycles. The maximum atomic E-state index is 13.3. The molecular weight excluding hydrogens is 737 g/mol. The Morgan fingerprint density at radius 3 is 1.22 bits per heavy atom. The van der Waals surface area contributed by atoms with Gasteiger partial charge in [0.2, 0.25) is 12.2 Å². The standard InChI is InChI=1S/C48H66O10/c1-7-17-35(3)47(27-11-9-12-28-47)31-15-33-55-39-23-19-37(20-24-39)43(49)57-41(45(51)53-5)42(46(52)54-6)58-44(50)38-21-25-40(26-22-38)56-34-16-32-48(36(4)18-8-2)29-13-10-14-30-48/h15-16,19-26,31-32,35-36,41-42H,7-14,17-18,27-30,33-34H2,1-6H3/b31-15+,32-16+/t35?,36?,41-,42-/m1/s1. The number of allylic oxidation sites excluding steroid dienone is 2. The van der Waals surface area contributed by atoms with Gasteiger partial charge in [0, 0.05) is 0 Å². The number of carbonyl (C=O) groups excluding carboxylic acids is 4. The SMILES string of the molecule is CCCC(C)C1(/C=C/COc2ccc(C(=O)O[C@@H](C(=O)OC)[C@@H](OC(=O)c3ccc(OC/C=C/C4(C(C)CCC)CCCCC4)cc3)C(=O)OC)cc2)CCCCC1. The Bertz CT molecular complexity index is 1520. The number of methoxy groups -OCH3 is 2. The highest BCUT2D eigenvalue weighted by molar-refractivity contribution is 5.96. The van der Waals surface area contributed by atoms with Crippen molar-refractivity contribution in [3.63, 3.8) is 0 Å². The van der Waals surface area contributed by atoms with Gasteiger partial charge >= 0.3 is 23.9 Å². The van der Waals surface area contributed by atoms with Gasteiger partial charge in [0.25, 0.3) is 0 Å². The van der Waals surface area contributed by atoms with E-state index in [1.54, 1.807) is 24.3 Å². The predicted octanol–water partition coefficient (Wildman–Crippen LogP) is 10.4. The lowest BCUT2D eigenvalue weighted by molar-refractivity contribution is -0.170. The van der Waals surface area contributed by atoms with Crippen LogP contribution in [0.4, 0.5) is 0 Å². The molecule has 0 bridgehead atoms. The Morgan fingerprint density at radius 2 is 0.914 bits per heavy atom. The summed E-state index contributed by atoms with van der Waals surface area (Å²) in [6, 6.07) is 12.4. The van der Waals surface area contributed by atoms with Crippen LogP contribution in [0.3, 0.4) is 0 Å². The second-order valence-corrected chi connectivity index (χ2v) is 16.1. The minimum absolute atomic E-state index is 0.0797. The fourth-order valence-corrected chi connectivity index (χ4v) is 8.80. The lowest BCUT2D eigenvalue weighted by Crippen LogP contribution is -2.47. The highest BCUT2D eigenvalue weighted by atomic mass is 16.6. The van der Waals surface area contributed by atoms with Crippen LogP contribution in [0, 0.1) is 22.7 Å². The van der Waals surface area contributed by atoms with Crippen LogP contribution < -0.4 is 9.47 Å². The number of hydrogen-bond donors (Lipinski definition) is 0. The summed E-state index contributed by atoms with van der Waals surface area (Å²) < 4.78 is 32.5. The molecule has 10 nitrogen and oxygen atoms in total. The molecule has 2 aromatic carbocycles. The van der Waals surface area contributed by atoms with Gasteiger partial charge in [-0.15, -0.1) is 0 Å². The molecule has 0 heterocycles. The van der Waals surface area contributed by atoms with Crippen LogP contribution >= 0.6 is 0 Å². The minimum Gasteiger partial charge on any atom is -0.490 e. The molecule has 318 valence electrons. The van der Waals surface area contributed by atoms with Crippen molar-refractivity contribution in [2.75, 3.05) is 27.4 Å². The van der Waals surface area contributed by atoms with E-state index >= 15 is 0 Å². The summed E-state index contributed by atoms with van der Waals surface area (Å²) in [6.07, 6.45) is 22.1. The topological polar surface area (TPSA) is 124 Å². The van der Waals surface area contributed by atoms with Crippen LogP contribution in [0.25, 0.3) is 0 Å². The number of ether oxygens (including phenoxy) is 6. The third-order valence-corrected chi connectivity index (χ3v) is 12.4. The van der Waals surface area contributed by atoms with Crippen LogP contribution in [-0.4, -0.2) is 63.5 Å². The molecule has 0 aromatic heterocycles. The van der Waals surface area contributed by atoms with Gasteiger partial charge in [0.1, 0.15) is 24.7 Å². The van der Waals surface area contributed by atoms with Gasteiger partial charge < -0.3 is 28.4 Å². The van der Waals surface area contributed by atoms with Crippen molar-refractivity contribution in [2.24, 2.45) is 22.7 Å². The zero-order valence-electron chi connectivity index (χ0n) is 35.6. The number of rotatable bonds is 21. The highest BCUT2D eigenvalue weighted by Crippen LogP contribution is 2.46. The molecule has 2 fully saturated rings. The van der Waals surface area contributed by atoms with Crippen molar-refractivity contribution < 1.29 is 47.6 Å². The van der Waals surface area contributed by atoms with E-state index in [0.29, 0.717) is 36.5 Å². The first-order valence-corrected chi connectivity index (χ1v) is 21.4. The average Bonchev–Trinajstić information content (AvgIpc) is 3.25. The third-order valence-electron chi connectivity index (χ3n) is 12.4. The van der Waals surface area contributed by atoms with E-state index in [2.05, 4.69) is 52.0 Å². The molecular formula is C48H66O10. The molecule has 2 aliphatic rings. The molecule has 0 amide bonds. The van der Waals surface area contributed by atoms with Gasteiger partial charge in [-0.2, -0.15) is 0 Å². The van der Waals surface area contributed by atoms with Gasteiger partial charge in [0.05, 0.1) is 25.3 Å². The Hall–Kier alpha value is -4.60. The van der Waals surface area contributed by atoms with Gasteiger partial charge in [-0.25, -0.2) is 19.2 Å². The van der Waals surface area contributed by atoms with E-state index in [9.17, 15) is 19.2 Å². The average molecular weight is 803 g/mol. The Morgan fingerprint density at radius 1 is 0.569 bits per heavy atom. The first-order valence-electron chi connectivity index (χ1n) is 21.4. The van der Waals surface area contributed by atoms with Crippen molar-refractivity contribution in [1.29, 1.82) is 0 Å².